The molecule has 0 saturated carbocycles. The van der Waals surface area contributed by atoms with Crippen molar-refractivity contribution in [2.45, 2.75) is 18.9 Å². The average Bonchev–Trinajstić information content (AvgIpc) is 2.84. The second kappa shape index (κ2) is 5.34. The number of likely N-dealkylation sites (N-methyl/N-ethyl adjacent to an activating group) is 1. The van der Waals surface area contributed by atoms with Crippen molar-refractivity contribution >= 4 is 17.5 Å². The number of anilines is 1. The molecule has 25 heavy (non-hydrogen) atoms. The predicted molar refractivity (Wildman–Crippen MR) is 94.7 cm³/mol. The molecule has 5 heteroatoms. The first-order chi connectivity index (χ1) is 12.0. The molecule has 0 fully saturated rings. The highest BCUT2D eigenvalue weighted by Crippen LogP contribution is 2.50. The molecule has 2 amide bonds. The van der Waals surface area contributed by atoms with Gasteiger partial charge in [0.15, 0.2) is 0 Å². The summed E-state index contributed by atoms with van der Waals surface area (Å²) in [5.74, 6) is 0.342. The van der Waals surface area contributed by atoms with E-state index in [9.17, 15) is 9.59 Å². The van der Waals surface area contributed by atoms with Crippen molar-refractivity contribution in [1.29, 1.82) is 0 Å². The van der Waals surface area contributed by atoms with Crippen LogP contribution in [0.15, 0.2) is 59.4 Å². The summed E-state index contributed by atoms with van der Waals surface area (Å²) in [7, 11) is 3.37. The first kappa shape index (κ1) is 15.7. The van der Waals surface area contributed by atoms with Crippen LogP contribution in [-0.2, 0) is 14.3 Å². The van der Waals surface area contributed by atoms with Crippen LogP contribution in [-0.4, -0.2) is 36.4 Å². The fourth-order valence-electron chi connectivity index (χ4n) is 3.92. The number of nitrogens with zero attached hydrogens (tertiary/aromatic N) is 1. The van der Waals surface area contributed by atoms with E-state index >= 15 is 0 Å². The molecule has 2 atom stereocenters. The Bertz CT molecular complexity index is 863. The normalized spacial score (nSPS) is 26.7. The fourth-order valence-corrected chi connectivity index (χ4v) is 3.92. The fraction of sp³-hybridized carbons (Fsp3) is 0.300. The molecular weight excluding hydrogens is 316 g/mol. The van der Waals surface area contributed by atoms with Gasteiger partial charge in [-0.1, -0.05) is 29.8 Å². The number of hydrogen-bond acceptors (Lipinski definition) is 3. The van der Waals surface area contributed by atoms with Gasteiger partial charge in [0, 0.05) is 18.7 Å². The van der Waals surface area contributed by atoms with Crippen molar-refractivity contribution in [3.63, 3.8) is 0 Å². The maximum absolute atomic E-state index is 12.8. The van der Waals surface area contributed by atoms with Crippen LogP contribution in [0.3, 0.4) is 0 Å². The molecular formula is C20H20N2O3. The highest BCUT2D eigenvalue weighted by molar-refractivity contribution is 6.25. The molecule has 4 aliphatic rings. The van der Waals surface area contributed by atoms with Crippen LogP contribution < -0.4 is 5.32 Å². The summed E-state index contributed by atoms with van der Waals surface area (Å²) in [6.07, 6.45) is 6.65. The van der Waals surface area contributed by atoms with Gasteiger partial charge in [-0.15, -0.1) is 0 Å². The minimum Gasteiger partial charge on any atom is -0.501 e. The van der Waals surface area contributed by atoms with Crippen molar-refractivity contribution in [2.75, 3.05) is 19.5 Å². The van der Waals surface area contributed by atoms with Crippen LogP contribution in [0, 0.1) is 12.8 Å². The summed E-state index contributed by atoms with van der Waals surface area (Å²) in [6, 6.07) is 7.54. The minimum absolute atomic E-state index is 0.0864. The van der Waals surface area contributed by atoms with E-state index in [0.29, 0.717) is 12.1 Å². The lowest BCUT2D eigenvalue weighted by Gasteiger charge is -2.42. The van der Waals surface area contributed by atoms with E-state index in [1.807, 2.05) is 43.3 Å². The molecule has 1 aliphatic heterocycles. The predicted octanol–water partition coefficient (Wildman–Crippen LogP) is 2.56. The van der Waals surface area contributed by atoms with Gasteiger partial charge in [0.05, 0.1) is 7.11 Å². The molecule has 2 unspecified atom stereocenters. The summed E-state index contributed by atoms with van der Waals surface area (Å²) < 4.78 is 5.46. The Morgan fingerprint density at radius 3 is 2.72 bits per heavy atom. The zero-order chi connectivity index (χ0) is 17.8. The standard InChI is InChI=1S/C20H20N2O3/c1-12-4-6-14(7-5-12)21-18(23)17-15-10-13-8-9-20(15,11-16(13)25-3)22(2)19(17)24/h4-9,11,13H,10H2,1-3H3,(H,21,23). The zero-order valence-electron chi connectivity index (χ0n) is 14.5. The van der Waals surface area contributed by atoms with E-state index in [4.69, 9.17) is 4.74 Å². The van der Waals surface area contributed by atoms with Gasteiger partial charge in [0.2, 0.25) is 0 Å². The number of ether oxygens (including phenoxy) is 1. The van der Waals surface area contributed by atoms with Crippen LogP contribution in [0.1, 0.15) is 12.0 Å². The van der Waals surface area contributed by atoms with Gasteiger partial charge < -0.3 is 15.0 Å². The molecule has 1 aromatic rings. The molecule has 1 aromatic carbocycles. The van der Waals surface area contributed by atoms with E-state index in [2.05, 4.69) is 11.4 Å². The Morgan fingerprint density at radius 2 is 2.04 bits per heavy atom. The lowest BCUT2D eigenvalue weighted by Crippen LogP contribution is -2.47. The van der Waals surface area contributed by atoms with E-state index in [0.717, 1.165) is 16.9 Å². The number of benzene rings is 1. The summed E-state index contributed by atoms with van der Waals surface area (Å²) in [5, 5.41) is 2.86. The van der Waals surface area contributed by atoms with E-state index < -0.39 is 5.54 Å². The van der Waals surface area contributed by atoms with Gasteiger partial charge in [0.1, 0.15) is 16.9 Å². The lowest BCUT2D eigenvalue weighted by atomic mass is 9.71. The Kier molecular flexibility index (Phi) is 3.35. The summed E-state index contributed by atoms with van der Waals surface area (Å²) in [6.45, 7) is 1.99. The van der Waals surface area contributed by atoms with Gasteiger partial charge >= 0.3 is 0 Å². The minimum atomic E-state index is -0.670. The molecule has 1 spiro atoms. The first-order valence-corrected chi connectivity index (χ1v) is 8.32. The summed E-state index contributed by atoms with van der Waals surface area (Å²) >= 11 is 0. The second-order valence-electron chi connectivity index (χ2n) is 6.78. The van der Waals surface area contributed by atoms with E-state index in [-0.39, 0.29) is 23.3 Å². The van der Waals surface area contributed by atoms with Crippen LogP contribution in [0.4, 0.5) is 5.69 Å². The van der Waals surface area contributed by atoms with Gasteiger partial charge in [-0.05, 0) is 37.1 Å². The number of aryl methyl sites for hydroxylation is 1. The van der Waals surface area contributed by atoms with Crippen molar-refractivity contribution in [3.8, 4) is 0 Å². The molecule has 5 rings (SSSR count). The number of allylic oxidation sites excluding steroid dienone is 1. The monoisotopic (exact) mass is 336 g/mol. The summed E-state index contributed by atoms with van der Waals surface area (Å²) in [4.78, 5) is 27.3. The van der Waals surface area contributed by atoms with Gasteiger partial charge in [-0.3, -0.25) is 9.59 Å². The Balaban J connectivity index is 1.73. The highest BCUT2D eigenvalue weighted by atomic mass is 16.5. The smallest absolute Gasteiger partial charge is 0.261 e. The Morgan fingerprint density at radius 1 is 1.32 bits per heavy atom. The maximum Gasteiger partial charge on any atom is 0.261 e. The number of amides is 2. The number of hydrogen-bond donors (Lipinski definition) is 1. The maximum atomic E-state index is 12.8. The third-order valence-corrected chi connectivity index (χ3v) is 5.37. The quantitative estimate of drug-likeness (QED) is 0.682. The second-order valence-corrected chi connectivity index (χ2v) is 6.78. The molecule has 3 aliphatic carbocycles. The average molecular weight is 336 g/mol. The zero-order valence-corrected chi connectivity index (χ0v) is 14.5. The molecule has 128 valence electrons. The van der Waals surface area contributed by atoms with Crippen molar-refractivity contribution in [1.82, 2.24) is 4.90 Å². The molecule has 0 saturated heterocycles. The summed E-state index contributed by atoms with van der Waals surface area (Å²) in [5.41, 5.74) is 2.24. The van der Waals surface area contributed by atoms with E-state index in [1.165, 1.54) is 0 Å². The highest BCUT2D eigenvalue weighted by Gasteiger charge is 2.54. The van der Waals surface area contributed by atoms with Crippen LogP contribution in [0.5, 0.6) is 0 Å². The number of rotatable bonds is 3. The lowest BCUT2D eigenvalue weighted by molar-refractivity contribution is -0.128. The van der Waals surface area contributed by atoms with Crippen molar-refractivity contribution in [2.24, 2.45) is 5.92 Å². The number of carbonyl (C=O) groups excluding carboxylic acids is 2. The van der Waals surface area contributed by atoms with E-state index in [1.54, 1.807) is 19.1 Å². The number of methoxy groups -OCH3 is 1. The van der Waals surface area contributed by atoms with Crippen LogP contribution >= 0.6 is 0 Å². The molecule has 0 aromatic heterocycles. The Labute approximate surface area is 146 Å². The van der Waals surface area contributed by atoms with Crippen LogP contribution in [0.2, 0.25) is 0 Å². The van der Waals surface area contributed by atoms with Gasteiger partial charge in [-0.2, -0.15) is 0 Å². The topological polar surface area (TPSA) is 58.6 Å². The van der Waals surface area contributed by atoms with Crippen molar-refractivity contribution in [3.05, 3.63) is 65.0 Å². The SMILES string of the molecule is COC1=CC23C=CC1CC2=C(C(=O)Nc1ccc(C)cc1)C(=O)N3C. The number of carbonyl (C=O) groups is 2. The molecule has 2 bridgehead atoms. The largest absolute Gasteiger partial charge is 0.501 e. The van der Waals surface area contributed by atoms with Gasteiger partial charge in [0.25, 0.3) is 11.8 Å². The third-order valence-electron chi connectivity index (χ3n) is 5.37. The van der Waals surface area contributed by atoms with Crippen LogP contribution in [0.25, 0.3) is 0 Å². The number of nitrogens with one attached hydrogen (secondary N) is 1. The third kappa shape index (κ3) is 2.15. The molecule has 1 N–H and O–H groups in total. The Hall–Kier alpha value is -2.82. The molecule has 0 radical (unpaired) electrons. The van der Waals surface area contributed by atoms with Gasteiger partial charge in [-0.25, -0.2) is 0 Å². The molecule has 5 nitrogen and oxygen atoms in total. The first-order valence-electron chi connectivity index (χ1n) is 8.32. The van der Waals surface area contributed by atoms with Crippen molar-refractivity contribution < 1.29 is 14.3 Å². The molecule has 1 heterocycles.